The number of piperidine rings is 1. The number of aromatic nitrogens is 5. The molecule has 0 aliphatic carbocycles. The lowest BCUT2D eigenvalue weighted by atomic mass is 10.1. The van der Waals surface area contributed by atoms with Crippen LogP contribution < -0.4 is 0 Å². The van der Waals surface area contributed by atoms with Gasteiger partial charge in [0.25, 0.3) is 5.89 Å². The maximum atomic E-state index is 5.47. The number of benzene rings is 1. The first kappa shape index (κ1) is 17.1. The zero-order valence-corrected chi connectivity index (χ0v) is 15.7. The van der Waals surface area contributed by atoms with E-state index in [1.807, 2.05) is 24.3 Å². The smallest absolute Gasteiger partial charge is 0.258 e. The molecule has 0 N–H and O–H groups in total. The minimum absolute atomic E-state index is 0.476. The van der Waals surface area contributed by atoms with Crippen molar-refractivity contribution in [2.45, 2.75) is 25.8 Å². The topological polar surface area (TPSA) is 72.9 Å². The highest BCUT2D eigenvalue weighted by atomic mass is 16.5. The van der Waals surface area contributed by atoms with Crippen molar-refractivity contribution in [2.24, 2.45) is 0 Å². The van der Waals surface area contributed by atoms with Crippen LogP contribution in [0.25, 0.3) is 33.9 Å². The normalized spacial score (nSPS) is 15.3. The summed E-state index contributed by atoms with van der Waals surface area (Å²) in [5.41, 5.74) is 2.71. The molecular weight excluding hydrogens is 352 g/mol. The van der Waals surface area contributed by atoms with Crippen molar-refractivity contribution in [2.75, 3.05) is 19.6 Å². The number of rotatable bonds is 5. The first-order valence-electron chi connectivity index (χ1n) is 9.81. The Balaban J connectivity index is 1.46. The number of hydrogen-bond acceptors (Lipinski definition) is 6. The fraction of sp³-hybridized carbons (Fsp3) is 0.333. The average Bonchev–Trinajstić information content (AvgIpc) is 3.39. The molecule has 0 bridgehead atoms. The molecule has 5 rings (SSSR count). The number of hydrogen-bond donors (Lipinski definition) is 0. The molecular formula is C21H22N6O. The summed E-state index contributed by atoms with van der Waals surface area (Å²) in [6.07, 6.45) is 7.37. The summed E-state index contributed by atoms with van der Waals surface area (Å²) in [5, 5.41) is 10.1. The maximum absolute atomic E-state index is 5.47. The second-order valence-corrected chi connectivity index (χ2v) is 7.15. The van der Waals surface area contributed by atoms with Crippen molar-refractivity contribution in [1.82, 2.24) is 29.8 Å². The van der Waals surface area contributed by atoms with Gasteiger partial charge >= 0.3 is 0 Å². The molecule has 0 unspecified atom stereocenters. The molecule has 1 aliphatic heterocycles. The van der Waals surface area contributed by atoms with Crippen molar-refractivity contribution in [3.8, 4) is 23.0 Å². The van der Waals surface area contributed by atoms with Gasteiger partial charge in [0.15, 0.2) is 0 Å². The Kier molecular flexibility index (Phi) is 4.58. The molecule has 1 aromatic carbocycles. The Hall–Kier alpha value is -3.06. The summed E-state index contributed by atoms with van der Waals surface area (Å²) in [7, 11) is 0. The van der Waals surface area contributed by atoms with Crippen LogP contribution in [0.15, 0.2) is 53.3 Å². The van der Waals surface area contributed by atoms with Crippen LogP contribution >= 0.6 is 0 Å². The van der Waals surface area contributed by atoms with Crippen molar-refractivity contribution in [1.29, 1.82) is 0 Å². The van der Waals surface area contributed by atoms with E-state index in [1.165, 1.54) is 32.4 Å². The van der Waals surface area contributed by atoms with Crippen molar-refractivity contribution < 1.29 is 4.52 Å². The molecule has 0 atom stereocenters. The van der Waals surface area contributed by atoms with Crippen LogP contribution in [0.5, 0.6) is 0 Å². The van der Waals surface area contributed by atoms with E-state index in [1.54, 1.807) is 12.4 Å². The highest BCUT2D eigenvalue weighted by molar-refractivity contribution is 5.91. The number of nitrogens with zero attached hydrogens (tertiary/aromatic N) is 6. The van der Waals surface area contributed by atoms with E-state index in [4.69, 9.17) is 9.62 Å². The molecule has 142 valence electrons. The van der Waals surface area contributed by atoms with Crippen molar-refractivity contribution in [3.63, 3.8) is 0 Å². The predicted octanol–water partition coefficient (Wildman–Crippen LogP) is 3.63. The van der Waals surface area contributed by atoms with Gasteiger partial charge in [-0.15, -0.1) is 0 Å². The van der Waals surface area contributed by atoms with E-state index in [-0.39, 0.29) is 0 Å². The minimum atomic E-state index is 0.476. The summed E-state index contributed by atoms with van der Waals surface area (Å²) < 4.78 is 7.54. The average molecular weight is 374 g/mol. The Morgan fingerprint density at radius 2 is 1.75 bits per heavy atom. The standard InChI is InChI=1S/C21H22N6O/c1-4-12-26(13-5-1)14-15-27-18-7-3-2-6-17(18)19(24-27)20-23-21(28-25-20)16-8-10-22-11-9-16/h2-3,6-11H,1,4-5,12-15H2. The van der Waals surface area contributed by atoms with E-state index in [9.17, 15) is 0 Å². The van der Waals surface area contributed by atoms with Crippen LogP contribution in [0, 0.1) is 0 Å². The van der Waals surface area contributed by atoms with Gasteiger partial charge < -0.3 is 9.42 Å². The molecule has 0 saturated carbocycles. The Labute approximate surface area is 163 Å². The van der Waals surface area contributed by atoms with E-state index in [0.29, 0.717) is 11.7 Å². The third-order valence-corrected chi connectivity index (χ3v) is 5.30. The van der Waals surface area contributed by atoms with Crippen LogP contribution in [0.1, 0.15) is 19.3 Å². The molecule has 7 heteroatoms. The number of fused-ring (bicyclic) bond motifs is 1. The van der Waals surface area contributed by atoms with E-state index >= 15 is 0 Å². The summed E-state index contributed by atoms with van der Waals surface area (Å²) in [6.45, 7) is 4.24. The van der Waals surface area contributed by atoms with Gasteiger partial charge in [-0.25, -0.2) is 0 Å². The summed E-state index contributed by atoms with van der Waals surface area (Å²) >= 11 is 0. The zero-order valence-electron chi connectivity index (χ0n) is 15.7. The van der Waals surface area contributed by atoms with Gasteiger partial charge in [0.05, 0.1) is 12.1 Å². The summed E-state index contributed by atoms with van der Waals surface area (Å²) in [5.74, 6) is 0.990. The fourth-order valence-corrected chi connectivity index (χ4v) is 3.81. The highest BCUT2D eigenvalue weighted by Gasteiger charge is 2.19. The second-order valence-electron chi connectivity index (χ2n) is 7.15. The third-order valence-electron chi connectivity index (χ3n) is 5.30. The Morgan fingerprint density at radius 1 is 0.929 bits per heavy atom. The number of para-hydroxylation sites is 1. The van der Waals surface area contributed by atoms with Crippen molar-refractivity contribution >= 4 is 10.9 Å². The summed E-state index contributed by atoms with van der Waals surface area (Å²) in [4.78, 5) is 11.1. The van der Waals surface area contributed by atoms with Gasteiger partial charge in [-0.3, -0.25) is 9.67 Å². The van der Waals surface area contributed by atoms with Crippen LogP contribution in [-0.4, -0.2) is 49.4 Å². The van der Waals surface area contributed by atoms with Gasteiger partial charge in [0, 0.05) is 29.9 Å². The Morgan fingerprint density at radius 3 is 2.61 bits per heavy atom. The molecule has 7 nitrogen and oxygen atoms in total. The van der Waals surface area contributed by atoms with Crippen LogP contribution in [0.3, 0.4) is 0 Å². The van der Waals surface area contributed by atoms with Crippen molar-refractivity contribution in [3.05, 3.63) is 48.8 Å². The molecule has 0 amide bonds. The predicted molar refractivity (Wildman–Crippen MR) is 107 cm³/mol. The van der Waals surface area contributed by atoms with E-state index in [0.717, 1.165) is 35.2 Å². The van der Waals surface area contributed by atoms with Gasteiger partial charge in [-0.05, 0) is 44.1 Å². The third kappa shape index (κ3) is 3.29. The van der Waals surface area contributed by atoms with Gasteiger partial charge in [0.1, 0.15) is 5.69 Å². The van der Waals surface area contributed by atoms with Crippen LogP contribution in [0.4, 0.5) is 0 Å². The van der Waals surface area contributed by atoms with E-state index < -0.39 is 0 Å². The van der Waals surface area contributed by atoms with Crippen LogP contribution in [0.2, 0.25) is 0 Å². The Bertz CT molecular complexity index is 1060. The maximum Gasteiger partial charge on any atom is 0.258 e. The lowest BCUT2D eigenvalue weighted by Gasteiger charge is -2.26. The lowest BCUT2D eigenvalue weighted by Crippen LogP contribution is -2.32. The van der Waals surface area contributed by atoms with Gasteiger partial charge in [-0.2, -0.15) is 10.1 Å². The number of pyridine rings is 1. The molecule has 4 heterocycles. The zero-order chi connectivity index (χ0) is 18.8. The SMILES string of the molecule is c1ccc2c(c1)c(-c1noc(-c3ccncc3)n1)nn2CCN1CCCCC1. The quantitative estimate of drug-likeness (QED) is 0.531. The molecule has 28 heavy (non-hydrogen) atoms. The molecule has 0 radical (unpaired) electrons. The molecule has 4 aromatic rings. The largest absolute Gasteiger partial charge is 0.334 e. The van der Waals surface area contributed by atoms with Crippen LogP contribution in [-0.2, 0) is 6.54 Å². The molecule has 1 fully saturated rings. The first-order chi connectivity index (χ1) is 13.9. The molecule has 1 saturated heterocycles. The summed E-state index contributed by atoms with van der Waals surface area (Å²) in [6, 6.07) is 11.9. The highest BCUT2D eigenvalue weighted by Crippen LogP contribution is 2.28. The minimum Gasteiger partial charge on any atom is -0.334 e. The van der Waals surface area contributed by atoms with Gasteiger partial charge in [-0.1, -0.05) is 29.8 Å². The molecule has 0 spiro atoms. The second kappa shape index (κ2) is 7.52. The lowest BCUT2D eigenvalue weighted by molar-refractivity contribution is 0.219. The molecule has 1 aliphatic rings. The van der Waals surface area contributed by atoms with E-state index in [2.05, 4.69) is 36.8 Å². The first-order valence-corrected chi connectivity index (χ1v) is 9.81. The van der Waals surface area contributed by atoms with Gasteiger partial charge in [0.2, 0.25) is 5.82 Å². The number of likely N-dealkylation sites (tertiary alicyclic amines) is 1. The molecule has 3 aromatic heterocycles. The monoisotopic (exact) mass is 374 g/mol. The fourth-order valence-electron chi connectivity index (χ4n) is 3.81.